The largest absolute Gasteiger partial charge is 0.491 e. The van der Waals surface area contributed by atoms with E-state index in [2.05, 4.69) is 17.3 Å². The number of piperidine rings is 1. The summed E-state index contributed by atoms with van der Waals surface area (Å²) in [4.78, 5) is 14.7. The number of amides is 1. The summed E-state index contributed by atoms with van der Waals surface area (Å²) in [5.41, 5.74) is 1.34. The maximum Gasteiger partial charge on any atom is 0.255 e. The van der Waals surface area contributed by atoms with Crippen molar-refractivity contribution in [2.24, 2.45) is 0 Å². The summed E-state index contributed by atoms with van der Waals surface area (Å²) < 4.78 is 11.6. The van der Waals surface area contributed by atoms with Gasteiger partial charge in [0.2, 0.25) is 0 Å². The van der Waals surface area contributed by atoms with Crippen LogP contribution < -0.4 is 14.8 Å². The van der Waals surface area contributed by atoms with Crippen LogP contribution in [0.3, 0.4) is 0 Å². The van der Waals surface area contributed by atoms with Crippen molar-refractivity contribution in [3.63, 3.8) is 0 Å². The molecular formula is C22H28N2O3. The number of carbonyl (C=O) groups is 1. The van der Waals surface area contributed by atoms with Gasteiger partial charge in [-0.2, -0.15) is 0 Å². The molecule has 1 aliphatic heterocycles. The lowest BCUT2D eigenvalue weighted by Crippen LogP contribution is -2.35. The number of ether oxygens (including phenoxy) is 2. The van der Waals surface area contributed by atoms with Gasteiger partial charge in [-0.15, -0.1) is 0 Å². The first kappa shape index (κ1) is 19.2. The third kappa shape index (κ3) is 5.73. The minimum atomic E-state index is -0.143. The third-order valence-corrected chi connectivity index (χ3v) is 4.57. The van der Waals surface area contributed by atoms with Gasteiger partial charge in [-0.3, -0.25) is 4.79 Å². The molecule has 1 aliphatic rings. The van der Waals surface area contributed by atoms with Crippen LogP contribution in [0.15, 0.2) is 48.5 Å². The molecule has 5 nitrogen and oxygen atoms in total. The molecule has 1 N–H and O–H groups in total. The number of hydrogen-bond donors (Lipinski definition) is 1. The molecule has 0 unspecified atom stereocenters. The molecule has 0 radical (unpaired) electrons. The topological polar surface area (TPSA) is 50.8 Å². The van der Waals surface area contributed by atoms with Crippen LogP contribution in [0.5, 0.6) is 11.5 Å². The quantitative estimate of drug-likeness (QED) is 0.830. The summed E-state index contributed by atoms with van der Waals surface area (Å²) in [6, 6.07) is 14.7. The van der Waals surface area contributed by atoms with Gasteiger partial charge in [-0.25, -0.2) is 0 Å². The average molecular weight is 368 g/mol. The molecule has 2 aromatic carbocycles. The van der Waals surface area contributed by atoms with Gasteiger partial charge in [-0.05, 0) is 82.3 Å². The highest BCUT2D eigenvalue weighted by Crippen LogP contribution is 2.21. The van der Waals surface area contributed by atoms with Crippen LogP contribution in [0.1, 0.15) is 37.0 Å². The number of hydrogen-bond acceptors (Lipinski definition) is 4. The van der Waals surface area contributed by atoms with Crippen molar-refractivity contribution in [1.82, 2.24) is 4.90 Å². The molecule has 1 amide bonds. The minimum absolute atomic E-state index is 0.111. The van der Waals surface area contributed by atoms with Gasteiger partial charge in [0, 0.05) is 24.3 Å². The van der Waals surface area contributed by atoms with E-state index in [0.29, 0.717) is 5.56 Å². The van der Waals surface area contributed by atoms with Crippen LogP contribution in [0.4, 0.5) is 5.69 Å². The lowest BCUT2D eigenvalue weighted by Gasteiger charge is -2.29. The maximum atomic E-state index is 12.4. The highest BCUT2D eigenvalue weighted by Gasteiger charge is 2.18. The lowest BCUT2D eigenvalue weighted by molar-refractivity contribution is 0.102. The number of anilines is 1. The van der Waals surface area contributed by atoms with Gasteiger partial charge >= 0.3 is 0 Å². The van der Waals surface area contributed by atoms with Crippen molar-refractivity contribution in [1.29, 1.82) is 0 Å². The second kappa shape index (κ2) is 8.91. The van der Waals surface area contributed by atoms with Gasteiger partial charge < -0.3 is 19.7 Å². The van der Waals surface area contributed by atoms with Crippen molar-refractivity contribution in [2.45, 2.75) is 38.9 Å². The zero-order valence-corrected chi connectivity index (χ0v) is 16.3. The first-order chi connectivity index (χ1) is 13.0. The fraction of sp³-hybridized carbons (Fsp3) is 0.409. The molecule has 0 bridgehead atoms. The van der Waals surface area contributed by atoms with Gasteiger partial charge in [-0.1, -0.05) is 0 Å². The Hall–Kier alpha value is -2.53. The maximum absolute atomic E-state index is 12.4. The highest BCUT2D eigenvalue weighted by molar-refractivity contribution is 6.04. The zero-order valence-electron chi connectivity index (χ0n) is 16.3. The molecular weight excluding hydrogens is 340 g/mol. The number of carbonyl (C=O) groups excluding carboxylic acids is 1. The van der Waals surface area contributed by atoms with E-state index >= 15 is 0 Å². The van der Waals surface area contributed by atoms with E-state index in [1.165, 1.54) is 0 Å². The normalized spacial score (nSPS) is 15.6. The molecule has 3 rings (SSSR count). The Balaban J connectivity index is 1.53. The predicted molar refractivity (Wildman–Crippen MR) is 108 cm³/mol. The summed E-state index contributed by atoms with van der Waals surface area (Å²) in [5, 5.41) is 2.91. The van der Waals surface area contributed by atoms with Crippen molar-refractivity contribution >= 4 is 11.6 Å². The summed E-state index contributed by atoms with van der Waals surface area (Å²) in [5.74, 6) is 1.46. The van der Waals surface area contributed by atoms with E-state index in [-0.39, 0.29) is 18.1 Å². The van der Waals surface area contributed by atoms with Crippen LogP contribution in [-0.2, 0) is 0 Å². The molecule has 1 saturated heterocycles. The monoisotopic (exact) mass is 368 g/mol. The van der Waals surface area contributed by atoms with Crippen molar-refractivity contribution < 1.29 is 14.3 Å². The number of nitrogens with zero attached hydrogens (tertiary/aromatic N) is 1. The Morgan fingerprint density at radius 1 is 1.00 bits per heavy atom. The fourth-order valence-corrected chi connectivity index (χ4v) is 3.07. The van der Waals surface area contributed by atoms with Crippen LogP contribution in [0, 0.1) is 0 Å². The number of benzene rings is 2. The van der Waals surface area contributed by atoms with Crippen LogP contribution in [-0.4, -0.2) is 43.2 Å². The Kier molecular flexibility index (Phi) is 6.35. The lowest BCUT2D eigenvalue weighted by atomic mass is 10.1. The summed E-state index contributed by atoms with van der Waals surface area (Å²) >= 11 is 0. The minimum Gasteiger partial charge on any atom is -0.491 e. The smallest absolute Gasteiger partial charge is 0.255 e. The standard InChI is InChI=1S/C22H28N2O3/c1-16(2)26-19-8-4-17(5-9-19)22(25)23-18-6-10-20(11-7-18)27-21-12-14-24(3)15-13-21/h4-11,16,21H,12-15H2,1-3H3,(H,23,25). The van der Waals surface area contributed by atoms with Crippen molar-refractivity contribution in [3.05, 3.63) is 54.1 Å². The molecule has 0 aromatic heterocycles. The fourth-order valence-electron chi connectivity index (χ4n) is 3.07. The Morgan fingerprint density at radius 3 is 2.19 bits per heavy atom. The van der Waals surface area contributed by atoms with E-state index in [0.717, 1.165) is 43.1 Å². The van der Waals surface area contributed by atoms with E-state index in [1.54, 1.807) is 12.1 Å². The first-order valence-corrected chi connectivity index (χ1v) is 9.53. The molecule has 144 valence electrons. The molecule has 0 spiro atoms. The Labute approximate surface area is 161 Å². The number of likely N-dealkylation sites (tertiary alicyclic amines) is 1. The van der Waals surface area contributed by atoms with E-state index in [4.69, 9.17) is 9.47 Å². The number of rotatable bonds is 6. The molecule has 0 atom stereocenters. The van der Waals surface area contributed by atoms with Crippen LogP contribution in [0.2, 0.25) is 0 Å². The van der Waals surface area contributed by atoms with Gasteiger partial charge in [0.1, 0.15) is 17.6 Å². The van der Waals surface area contributed by atoms with E-state index in [1.807, 2.05) is 50.2 Å². The Bertz CT molecular complexity index is 733. The molecule has 2 aromatic rings. The van der Waals surface area contributed by atoms with Crippen molar-refractivity contribution in [3.8, 4) is 11.5 Å². The highest BCUT2D eigenvalue weighted by atomic mass is 16.5. The molecule has 27 heavy (non-hydrogen) atoms. The van der Waals surface area contributed by atoms with Crippen LogP contribution in [0.25, 0.3) is 0 Å². The first-order valence-electron chi connectivity index (χ1n) is 9.53. The second-order valence-electron chi connectivity index (χ2n) is 7.29. The predicted octanol–water partition coefficient (Wildman–Crippen LogP) is 4.20. The average Bonchev–Trinajstić information content (AvgIpc) is 2.65. The SMILES string of the molecule is CC(C)Oc1ccc(C(=O)Nc2ccc(OC3CCN(C)CC3)cc2)cc1. The molecule has 1 heterocycles. The van der Waals surface area contributed by atoms with Gasteiger partial charge in [0.15, 0.2) is 0 Å². The number of nitrogens with one attached hydrogen (secondary N) is 1. The molecule has 0 saturated carbocycles. The molecule has 5 heteroatoms. The van der Waals surface area contributed by atoms with E-state index < -0.39 is 0 Å². The van der Waals surface area contributed by atoms with E-state index in [9.17, 15) is 4.79 Å². The van der Waals surface area contributed by atoms with Gasteiger partial charge in [0.25, 0.3) is 5.91 Å². The zero-order chi connectivity index (χ0) is 19.2. The van der Waals surface area contributed by atoms with Crippen molar-refractivity contribution in [2.75, 3.05) is 25.5 Å². The van der Waals surface area contributed by atoms with Crippen LogP contribution >= 0.6 is 0 Å². The Morgan fingerprint density at radius 2 is 1.59 bits per heavy atom. The third-order valence-electron chi connectivity index (χ3n) is 4.57. The second-order valence-corrected chi connectivity index (χ2v) is 7.29. The summed E-state index contributed by atoms with van der Waals surface area (Å²) in [7, 11) is 2.14. The summed E-state index contributed by atoms with van der Waals surface area (Å²) in [6.07, 6.45) is 2.48. The molecule has 1 fully saturated rings. The molecule has 0 aliphatic carbocycles. The summed E-state index contributed by atoms with van der Waals surface area (Å²) in [6.45, 7) is 6.08. The van der Waals surface area contributed by atoms with Gasteiger partial charge in [0.05, 0.1) is 6.10 Å².